The van der Waals surface area contributed by atoms with Crippen LogP contribution in [0.4, 0.5) is 0 Å². The predicted molar refractivity (Wildman–Crippen MR) is 65.3 cm³/mol. The summed E-state index contributed by atoms with van der Waals surface area (Å²) in [4.78, 5) is 22.3. The number of hydrogen-bond donors (Lipinski definition) is 2. The summed E-state index contributed by atoms with van der Waals surface area (Å²) in [6.45, 7) is 2.62. The van der Waals surface area contributed by atoms with E-state index in [-0.39, 0.29) is 0 Å². The minimum absolute atomic E-state index is 0.310. The molecule has 4 nitrogen and oxygen atoms in total. The van der Waals surface area contributed by atoms with Crippen LogP contribution >= 0.6 is 23.2 Å². The van der Waals surface area contributed by atoms with Gasteiger partial charge in [0.1, 0.15) is 0 Å². The van der Waals surface area contributed by atoms with Crippen LogP contribution in [0.15, 0.2) is 18.2 Å². The monoisotopic (exact) mass is 275 g/mol. The number of carboxylic acid groups (broad SMARTS) is 1. The zero-order valence-electron chi connectivity index (χ0n) is 9.25. The average Bonchev–Trinajstić information content (AvgIpc) is 2.14. The van der Waals surface area contributed by atoms with Crippen molar-refractivity contribution in [1.82, 2.24) is 5.32 Å². The van der Waals surface area contributed by atoms with Gasteiger partial charge in [-0.1, -0.05) is 23.2 Å². The van der Waals surface area contributed by atoms with Gasteiger partial charge < -0.3 is 10.4 Å². The van der Waals surface area contributed by atoms with Crippen molar-refractivity contribution in [2.75, 3.05) is 0 Å². The van der Waals surface area contributed by atoms with Crippen LogP contribution < -0.4 is 5.32 Å². The highest BCUT2D eigenvalue weighted by atomic mass is 35.5. The van der Waals surface area contributed by atoms with Gasteiger partial charge in [0.05, 0.1) is 0 Å². The first-order valence-corrected chi connectivity index (χ1v) is 5.50. The van der Waals surface area contributed by atoms with Crippen LogP contribution in [0.2, 0.25) is 10.0 Å². The number of carbonyl (C=O) groups is 2. The molecule has 1 atom stereocenters. The van der Waals surface area contributed by atoms with Crippen LogP contribution in [0, 0.1) is 0 Å². The maximum absolute atomic E-state index is 11.3. The molecule has 0 aliphatic rings. The molecule has 0 heterocycles. The summed E-state index contributed by atoms with van der Waals surface area (Å²) in [6.07, 6.45) is 0. The molecule has 0 radical (unpaired) electrons. The lowest BCUT2D eigenvalue weighted by Gasteiger charge is -2.26. The minimum Gasteiger partial charge on any atom is -0.479 e. The fourth-order valence-electron chi connectivity index (χ4n) is 1.44. The summed E-state index contributed by atoms with van der Waals surface area (Å²) in [7, 11) is 0. The summed E-state index contributed by atoms with van der Waals surface area (Å²) in [6, 6.07) is 4.40. The van der Waals surface area contributed by atoms with E-state index in [2.05, 4.69) is 5.32 Å². The van der Waals surface area contributed by atoms with E-state index in [1.54, 1.807) is 0 Å². The van der Waals surface area contributed by atoms with Gasteiger partial charge in [-0.2, -0.15) is 0 Å². The Bertz CT molecular complexity index is 456. The van der Waals surface area contributed by atoms with Crippen LogP contribution in [0.5, 0.6) is 0 Å². The molecule has 1 rings (SSSR count). The summed E-state index contributed by atoms with van der Waals surface area (Å²) < 4.78 is 0. The summed E-state index contributed by atoms with van der Waals surface area (Å²) >= 11 is 11.6. The Kier molecular flexibility index (Phi) is 4.01. The highest BCUT2D eigenvalue weighted by molar-refractivity contribution is 6.34. The molecule has 1 amide bonds. The minimum atomic E-state index is -1.56. The Morgan fingerprint density at radius 1 is 1.24 bits per heavy atom. The third-order valence-electron chi connectivity index (χ3n) is 2.29. The third-order valence-corrected chi connectivity index (χ3v) is 2.73. The van der Waals surface area contributed by atoms with Crippen molar-refractivity contribution in [1.29, 1.82) is 0 Å². The quantitative estimate of drug-likeness (QED) is 0.891. The van der Waals surface area contributed by atoms with Gasteiger partial charge in [-0.05, 0) is 30.7 Å². The van der Waals surface area contributed by atoms with Crippen molar-refractivity contribution in [2.24, 2.45) is 0 Å². The van der Waals surface area contributed by atoms with Crippen LogP contribution in [0.1, 0.15) is 19.4 Å². The molecule has 1 aromatic rings. The van der Waals surface area contributed by atoms with Crippen LogP contribution in [-0.2, 0) is 15.1 Å². The fourth-order valence-corrected chi connectivity index (χ4v) is 1.97. The Balaban J connectivity index is 3.31. The largest absolute Gasteiger partial charge is 0.479 e. The van der Waals surface area contributed by atoms with Gasteiger partial charge in [0.15, 0.2) is 5.54 Å². The topological polar surface area (TPSA) is 66.4 Å². The molecule has 1 unspecified atom stereocenters. The third kappa shape index (κ3) is 3.11. The average molecular weight is 276 g/mol. The van der Waals surface area contributed by atoms with Gasteiger partial charge in [0, 0.05) is 17.0 Å². The number of nitrogens with one attached hydrogen (secondary N) is 1. The SMILES string of the molecule is CC(=O)NC(C)(C(=O)O)c1cc(Cl)cc(Cl)c1. The Morgan fingerprint density at radius 3 is 2.06 bits per heavy atom. The molecule has 17 heavy (non-hydrogen) atoms. The van der Waals surface area contributed by atoms with E-state index in [0.29, 0.717) is 15.6 Å². The molecule has 0 saturated carbocycles. The van der Waals surface area contributed by atoms with Crippen LogP contribution in [-0.4, -0.2) is 17.0 Å². The van der Waals surface area contributed by atoms with Crippen molar-refractivity contribution < 1.29 is 14.7 Å². The molecule has 0 aliphatic carbocycles. The van der Waals surface area contributed by atoms with Crippen molar-refractivity contribution in [3.05, 3.63) is 33.8 Å². The lowest BCUT2D eigenvalue weighted by molar-refractivity contribution is -0.147. The second-order valence-electron chi connectivity index (χ2n) is 3.77. The number of benzene rings is 1. The van der Waals surface area contributed by atoms with Gasteiger partial charge >= 0.3 is 5.97 Å². The van der Waals surface area contributed by atoms with Crippen molar-refractivity contribution in [3.63, 3.8) is 0 Å². The molecule has 92 valence electrons. The van der Waals surface area contributed by atoms with E-state index >= 15 is 0 Å². The van der Waals surface area contributed by atoms with Gasteiger partial charge in [0.25, 0.3) is 0 Å². The number of carboxylic acids is 1. The Labute approximate surface area is 109 Å². The van der Waals surface area contributed by atoms with Gasteiger partial charge in [-0.15, -0.1) is 0 Å². The lowest BCUT2D eigenvalue weighted by atomic mass is 9.92. The number of amides is 1. The van der Waals surface area contributed by atoms with Crippen LogP contribution in [0.3, 0.4) is 0 Å². The summed E-state index contributed by atoms with van der Waals surface area (Å²) in [5.74, 6) is -1.64. The smallest absolute Gasteiger partial charge is 0.333 e. The van der Waals surface area contributed by atoms with Crippen molar-refractivity contribution in [3.8, 4) is 0 Å². The summed E-state index contributed by atoms with van der Waals surface area (Å²) in [5, 5.41) is 12.2. The molecule has 0 bridgehead atoms. The number of hydrogen-bond acceptors (Lipinski definition) is 2. The molecule has 0 spiro atoms. The normalized spacial score (nSPS) is 13.9. The van der Waals surface area contributed by atoms with E-state index < -0.39 is 17.4 Å². The molecule has 0 aliphatic heterocycles. The lowest BCUT2D eigenvalue weighted by Crippen LogP contribution is -2.48. The van der Waals surface area contributed by atoms with Crippen LogP contribution in [0.25, 0.3) is 0 Å². The molecule has 0 saturated heterocycles. The zero-order chi connectivity index (χ0) is 13.2. The fraction of sp³-hybridized carbons (Fsp3) is 0.273. The van der Waals surface area contributed by atoms with Gasteiger partial charge in [0.2, 0.25) is 5.91 Å². The zero-order valence-corrected chi connectivity index (χ0v) is 10.8. The first-order chi connectivity index (χ1) is 7.75. The molecular weight excluding hydrogens is 265 g/mol. The van der Waals surface area contributed by atoms with Crippen molar-refractivity contribution >= 4 is 35.1 Å². The number of aliphatic carboxylic acids is 1. The summed E-state index contributed by atoms with van der Waals surface area (Å²) in [5.41, 5.74) is -1.24. The maximum atomic E-state index is 11.3. The molecule has 6 heteroatoms. The molecule has 1 aromatic carbocycles. The van der Waals surface area contributed by atoms with E-state index in [0.717, 1.165) is 0 Å². The molecule has 0 fully saturated rings. The second-order valence-corrected chi connectivity index (χ2v) is 4.64. The highest BCUT2D eigenvalue weighted by Gasteiger charge is 2.36. The molecular formula is C11H11Cl2NO3. The second kappa shape index (κ2) is 4.94. The predicted octanol–water partition coefficient (Wildman–Crippen LogP) is 2.43. The molecule has 2 N–H and O–H groups in total. The number of halogens is 2. The number of rotatable bonds is 3. The maximum Gasteiger partial charge on any atom is 0.333 e. The first-order valence-electron chi connectivity index (χ1n) is 4.74. The van der Waals surface area contributed by atoms with E-state index in [9.17, 15) is 14.7 Å². The Morgan fingerprint density at radius 2 is 1.71 bits per heavy atom. The molecule has 0 aromatic heterocycles. The van der Waals surface area contributed by atoms with E-state index in [1.807, 2.05) is 0 Å². The van der Waals surface area contributed by atoms with Gasteiger partial charge in [-0.3, -0.25) is 4.79 Å². The highest BCUT2D eigenvalue weighted by Crippen LogP contribution is 2.27. The first kappa shape index (κ1) is 13.8. The van der Waals surface area contributed by atoms with Crippen molar-refractivity contribution in [2.45, 2.75) is 19.4 Å². The van der Waals surface area contributed by atoms with Gasteiger partial charge in [-0.25, -0.2) is 4.79 Å². The standard InChI is InChI=1S/C11H11Cl2NO3/c1-6(15)14-11(2,10(16)17)7-3-8(12)5-9(13)4-7/h3-5H,1-2H3,(H,14,15)(H,16,17). The number of carbonyl (C=O) groups excluding carboxylic acids is 1. The van der Waals surface area contributed by atoms with E-state index in [1.165, 1.54) is 32.0 Å². The van der Waals surface area contributed by atoms with E-state index in [4.69, 9.17) is 23.2 Å². The Hall–Kier alpha value is -1.26.